The molecule has 1 N–H and O–H groups in total. The average molecular weight is 377 g/mol. The number of benzene rings is 2. The van der Waals surface area contributed by atoms with E-state index in [0.29, 0.717) is 31.7 Å². The van der Waals surface area contributed by atoms with Crippen molar-refractivity contribution in [2.75, 3.05) is 24.7 Å². The summed E-state index contributed by atoms with van der Waals surface area (Å²) in [6.45, 7) is 1.56. The lowest BCUT2D eigenvalue weighted by molar-refractivity contribution is -0.121. The molecule has 0 aromatic heterocycles. The van der Waals surface area contributed by atoms with Crippen molar-refractivity contribution >= 4 is 17.5 Å². The van der Waals surface area contributed by atoms with Gasteiger partial charge in [-0.15, -0.1) is 0 Å². The number of aliphatic hydroxyl groups excluding tert-OH is 1. The van der Waals surface area contributed by atoms with E-state index in [1.807, 2.05) is 71.8 Å². The Hall–Kier alpha value is -3.12. The maximum Gasteiger partial charge on any atom is 0.255 e. The van der Waals surface area contributed by atoms with Gasteiger partial charge in [0.1, 0.15) is 6.04 Å². The summed E-state index contributed by atoms with van der Waals surface area (Å²) in [6.07, 6.45) is 4.56. The molecule has 0 saturated carbocycles. The molecule has 2 aromatic carbocycles. The van der Waals surface area contributed by atoms with E-state index in [9.17, 15) is 14.7 Å². The second-order valence-electron chi connectivity index (χ2n) is 7.05. The fraction of sp³-hybridized carbons (Fsp3) is 0.273. The first kappa shape index (κ1) is 18.3. The van der Waals surface area contributed by atoms with Gasteiger partial charge in [0.25, 0.3) is 5.91 Å². The summed E-state index contributed by atoms with van der Waals surface area (Å²) in [5.41, 5.74) is 2.31. The maximum absolute atomic E-state index is 13.0. The van der Waals surface area contributed by atoms with Crippen molar-refractivity contribution in [2.45, 2.75) is 19.1 Å². The van der Waals surface area contributed by atoms with Crippen LogP contribution in [0.25, 0.3) is 0 Å². The number of hydrogen-bond donors (Lipinski definition) is 1. The fourth-order valence-electron chi connectivity index (χ4n) is 3.73. The highest BCUT2D eigenvalue weighted by molar-refractivity contribution is 5.99. The Kier molecular flexibility index (Phi) is 5.12. The molecule has 144 valence electrons. The van der Waals surface area contributed by atoms with Crippen molar-refractivity contribution in [3.63, 3.8) is 0 Å². The van der Waals surface area contributed by atoms with Crippen LogP contribution in [0.3, 0.4) is 0 Å². The van der Waals surface area contributed by atoms with Crippen LogP contribution in [0.2, 0.25) is 0 Å². The van der Waals surface area contributed by atoms with Gasteiger partial charge in [-0.1, -0.05) is 30.3 Å². The van der Waals surface area contributed by atoms with Gasteiger partial charge in [0.2, 0.25) is 5.91 Å². The summed E-state index contributed by atoms with van der Waals surface area (Å²) >= 11 is 0. The Labute approximate surface area is 164 Å². The molecule has 0 bridgehead atoms. The van der Waals surface area contributed by atoms with Crippen molar-refractivity contribution in [2.24, 2.45) is 0 Å². The number of rotatable bonds is 4. The summed E-state index contributed by atoms with van der Waals surface area (Å²) in [5, 5.41) is 9.18. The SMILES string of the molecule is O=C(c1ccccc1)N1CC=CN(C2CCN(c3ccc(CO)cc3)C2=O)C1. The zero-order chi connectivity index (χ0) is 19.5. The molecule has 0 aliphatic carbocycles. The van der Waals surface area contributed by atoms with Crippen LogP contribution in [0, 0.1) is 0 Å². The molecule has 1 saturated heterocycles. The van der Waals surface area contributed by atoms with Gasteiger partial charge in [-0.05, 0) is 48.5 Å². The standard InChI is InChI=1S/C22H23N3O3/c26-15-17-7-9-19(10-8-17)25-14-11-20(22(25)28)23-12-4-13-24(16-23)21(27)18-5-2-1-3-6-18/h1-10,12,20,26H,11,13-16H2. The summed E-state index contributed by atoms with van der Waals surface area (Å²) in [4.78, 5) is 31.2. The van der Waals surface area contributed by atoms with Crippen LogP contribution < -0.4 is 4.90 Å². The monoisotopic (exact) mass is 377 g/mol. The molecule has 1 atom stereocenters. The lowest BCUT2D eigenvalue weighted by Crippen LogP contribution is -2.48. The normalized spacial score (nSPS) is 19.4. The number of amides is 2. The van der Waals surface area contributed by atoms with E-state index in [-0.39, 0.29) is 24.5 Å². The smallest absolute Gasteiger partial charge is 0.255 e. The Morgan fingerprint density at radius 3 is 2.54 bits per heavy atom. The molecule has 2 amide bonds. The predicted molar refractivity (Wildman–Crippen MR) is 106 cm³/mol. The molecule has 1 fully saturated rings. The van der Waals surface area contributed by atoms with E-state index >= 15 is 0 Å². The van der Waals surface area contributed by atoms with Gasteiger partial charge < -0.3 is 19.8 Å². The van der Waals surface area contributed by atoms with E-state index in [1.165, 1.54) is 0 Å². The largest absolute Gasteiger partial charge is 0.392 e. The van der Waals surface area contributed by atoms with Crippen molar-refractivity contribution in [1.82, 2.24) is 9.80 Å². The second-order valence-corrected chi connectivity index (χ2v) is 7.05. The first-order valence-electron chi connectivity index (χ1n) is 9.45. The minimum Gasteiger partial charge on any atom is -0.392 e. The Morgan fingerprint density at radius 2 is 1.82 bits per heavy atom. The molecule has 28 heavy (non-hydrogen) atoms. The van der Waals surface area contributed by atoms with Crippen LogP contribution in [-0.2, 0) is 11.4 Å². The van der Waals surface area contributed by atoms with Gasteiger partial charge in [0.15, 0.2) is 0 Å². The lowest BCUT2D eigenvalue weighted by Gasteiger charge is -2.35. The van der Waals surface area contributed by atoms with Crippen LogP contribution in [-0.4, -0.2) is 52.5 Å². The molecule has 4 rings (SSSR count). The molecular formula is C22H23N3O3. The summed E-state index contributed by atoms with van der Waals surface area (Å²) in [5.74, 6) is 0.00672. The second kappa shape index (κ2) is 7.86. The van der Waals surface area contributed by atoms with E-state index in [4.69, 9.17) is 0 Å². The number of carbonyl (C=O) groups excluding carboxylic acids is 2. The Bertz CT molecular complexity index is 880. The van der Waals surface area contributed by atoms with Gasteiger partial charge >= 0.3 is 0 Å². The number of anilines is 1. The van der Waals surface area contributed by atoms with Gasteiger partial charge in [0.05, 0.1) is 13.3 Å². The zero-order valence-electron chi connectivity index (χ0n) is 15.6. The Morgan fingerprint density at radius 1 is 1.07 bits per heavy atom. The third-order valence-electron chi connectivity index (χ3n) is 5.27. The summed E-state index contributed by atoms with van der Waals surface area (Å²) in [6, 6.07) is 16.3. The highest BCUT2D eigenvalue weighted by atomic mass is 16.3. The molecule has 6 nitrogen and oxygen atoms in total. The highest BCUT2D eigenvalue weighted by Crippen LogP contribution is 2.26. The van der Waals surface area contributed by atoms with Crippen LogP contribution in [0.1, 0.15) is 22.3 Å². The molecule has 6 heteroatoms. The van der Waals surface area contributed by atoms with Crippen LogP contribution in [0.4, 0.5) is 5.69 Å². The maximum atomic E-state index is 13.0. The predicted octanol–water partition coefficient (Wildman–Crippen LogP) is 2.21. The molecule has 1 unspecified atom stereocenters. The number of hydrogen-bond acceptors (Lipinski definition) is 4. The third kappa shape index (κ3) is 3.51. The molecule has 2 heterocycles. The van der Waals surface area contributed by atoms with Gasteiger partial charge in [0, 0.05) is 24.3 Å². The lowest BCUT2D eigenvalue weighted by atomic mass is 10.1. The topological polar surface area (TPSA) is 64.1 Å². The van der Waals surface area contributed by atoms with Crippen molar-refractivity contribution in [3.8, 4) is 0 Å². The summed E-state index contributed by atoms with van der Waals surface area (Å²) in [7, 11) is 0. The molecule has 0 radical (unpaired) electrons. The van der Waals surface area contributed by atoms with Gasteiger partial charge in [-0.2, -0.15) is 0 Å². The molecule has 2 aliphatic heterocycles. The molecular weight excluding hydrogens is 354 g/mol. The van der Waals surface area contributed by atoms with E-state index in [1.54, 1.807) is 9.80 Å². The van der Waals surface area contributed by atoms with Crippen LogP contribution in [0.5, 0.6) is 0 Å². The first-order valence-corrected chi connectivity index (χ1v) is 9.45. The first-order chi connectivity index (χ1) is 13.7. The average Bonchev–Trinajstić information content (AvgIpc) is 3.15. The minimum absolute atomic E-state index is 0.0132. The van der Waals surface area contributed by atoms with Gasteiger partial charge in [-0.25, -0.2) is 0 Å². The van der Waals surface area contributed by atoms with Crippen molar-refractivity contribution in [1.29, 1.82) is 0 Å². The van der Waals surface area contributed by atoms with E-state index in [2.05, 4.69) is 0 Å². The van der Waals surface area contributed by atoms with Crippen molar-refractivity contribution in [3.05, 3.63) is 78.0 Å². The molecule has 2 aromatic rings. The van der Waals surface area contributed by atoms with E-state index in [0.717, 1.165) is 11.3 Å². The Balaban J connectivity index is 1.45. The van der Waals surface area contributed by atoms with Crippen LogP contribution >= 0.6 is 0 Å². The number of aliphatic hydroxyl groups is 1. The minimum atomic E-state index is -0.278. The highest BCUT2D eigenvalue weighted by Gasteiger charge is 2.37. The van der Waals surface area contributed by atoms with Crippen LogP contribution in [0.15, 0.2) is 66.9 Å². The molecule has 0 spiro atoms. The fourth-order valence-corrected chi connectivity index (χ4v) is 3.73. The van der Waals surface area contributed by atoms with E-state index < -0.39 is 0 Å². The zero-order valence-corrected chi connectivity index (χ0v) is 15.6. The summed E-state index contributed by atoms with van der Waals surface area (Å²) < 4.78 is 0. The van der Waals surface area contributed by atoms with Gasteiger partial charge in [-0.3, -0.25) is 9.59 Å². The number of nitrogens with zero attached hydrogens (tertiary/aromatic N) is 3. The van der Waals surface area contributed by atoms with Crippen molar-refractivity contribution < 1.29 is 14.7 Å². The number of carbonyl (C=O) groups is 2. The quantitative estimate of drug-likeness (QED) is 0.887. The third-order valence-corrected chi connectivity index (χ3v) is 5.27. The molecule has 2 aliphatic rings.